The minimum atomic E-state index is 0.288. The molecule has 0 spiro atoms. The predicted octanol–water partition coefficient (Wildman–Crippen LogP) is 2.26. The molecule has 0 unspecified atom stereocenters. The van der Waals surface area contributed by atoms with Crippen LogP contribution in [0.2, 0.25) is 0 Å². The van der Waals surface area contributed by atoms with Crippen molar-refractivity contribution in [2.75, 3.05) is 25.4 Å². The first-order valence-corrected chi connectivity index (χ1v) is 8.52. The number of nitrogens with zero attached hydrogens (tertiary/aromatic N) is 3. The van der Waals surface area contributed by atoms with Crippen LogP contribution >= 0.6 is 11.3 Å². The van der Waals surface area contributed by atoms with E-state index in [1.54, 1.807) is 17.5 Å². The van der Waals surface area contributed by atoms with Gasteiger partial charge in [0.1, 0.15) is 5.82 Å². The van der Waals surface area contributed by atoms with E-state index in [1.165, 1.54) is 10.4 Å². The van der Waals surface area contributed by atoms with E-state index >= 15 is 0 Å². The van der Waals surface area contributed by atoms with Crippen LogP contribution in [0.5, 0.6) is 0 Å². The highest BCUT2D eigenvalue weighted by atomic mass is 32.1. The molecule has 2 aromatic heterocycles. The van der Waals surface area contributed by atoms with Crippen molar-refractivity contribution in [1.29, 1.82) is 0 Å². The van der Waals surface area contributed by atoms with E-state index in [2.05, 4.69) is 21.8 Å². The maximum atomic E-state index is 5.91. The van der Waals surface area contributed by atoms with Gasteiger partial charge in [0.25, 0.3) is 0 Å². The number of rotatable bonds is 5. The summed E-state index contributed by atoms with van der Waals surface area (Å²) in [5, 5.41) is 0. The lowest BCUT2D eigenvalue weighted by Crippen LogP contribution is -2.42. The summed E-state index contributed by atoms with van der Waals surface area (Å²) in [6, 6.07) is 3.97. The van der Waals surface area contributed by atoms with Crippen molar-refractivity contribution in [3.63, 3.8) is 0 Å². The molecule has 3 rings (SSSR count). The van der Waals surface area contributed by atoms with Crippen LogP contribution in [-0.2, 0) is 17.7 Å². The first-order chi connectivity index (χ1) is 10.7. The molecule has 1 saturated heterocycles. The Labute approximate surface area is 135 Å². The molecule has 1 aliphatic rings. The third-order valence-electron chi connectivity index (χ3n) is 4.04. The van der Waals surface area contributed by atoms with E-state index in [0.717, 1.165) is 44.8 Å². The fourth-order valence-electron chi connectivity index (χ4n) is 2.76. The lowest BCUT2D eigenvalue weighted by Gasteiger charge is -2.32. The zero-order valence-electron chi connectivity index (χ0n) is 12.9. The van der Waals surface area contributed by atoms with Crippen molar-refractivity contribution < 1.29 is 4.74 Å². The van der Waals surface area contributed by atoms with E-state index < -0.39 is 0 Å². The van der Waals surface area contributed by atoms with E-state index in [1.807, 2.05) is 17.6 Å². The summed E-state index contributed by atoms with van der Waals surface area (Å²) in [6.45, 7) is 5.85. The zero-order chi connectivity index (χ0) is 15.4. The molecule has 0 aliphatic carbocycles. The number of nitrogen functional groups attached to an aromatic ring is 1. The topological polar surface area (TPSA) is 64.3 Å². The Morgan fingerprint density at radius 1 is 1.45 bits per heavy atom. The molecular weight excluding hydrogens is 296 g/mol. The normalized spacial score (nSPS) is 19.4. The van der Waals surface area contributed by atoms with Crippen LogP contribution in [0.3, 0.4) is 0 Å². The van der Waals surface area contributed by atoms with Crippen LogP contribution in [0, 0.1) is 6.92 Å². The summed E-state index contributed by atoms with van der Waals surface area (Å²) in [7, 11) is 0. The zero-order valence-corrected chi connectivity index (χ0v) is 13.7. The second-order valence-electron chi connectivity index (χ2n) is 5.72. The summed E-state index contributed by atoms with van der Waals surface area (Å²) in [4.78, 5) is 12.2. The quantitative estimate of drug-likeness (QED) is 0.916. The van der Waals surface area contributed by atoms with Gasteiger partial charge in [-0.2, -0.15) is 0 Å². The molecule has 5 nitrogen and oxygen atoms in total. The van der Waals surface area contributed by atoms with Gasteiger partial charge in [-0.25, -0.2) is 9.97 Å². The van der Waals surface area contributed by atoms with E-state index in [4.69, 9.17) is 10.5 Å². The SMILES string of the molecule is Cc1ncsc1CN1CCO[C@@H](CCc2ccnc(N)c2)C1. The molecule has 1 aliphatic heterocycles. The molecule has 2 aromatic rings. The molecule has 0 aromatic carbocycles. The summed E-state index contributed by atoms with van der Waals surface area (Å²) < 4.78 is 5.91. The fourth-order valence-corrected chi connectivity index (χ4v) is 3.58. The summed E-state index contributed by atoms with van der Waals surface area (Å²) in [5.41, 5.74) is 10.0. The second kappa shape index (κ2) is 7.17. The van der Waals surface area contributed by atoms with Crippen LogP contribution in [0.15, 0.2) is 23.8 Å². The average molecular weight is 318 g/mol. The van der Waals surface area contributed by atoms with Crippen molar-refractivity contribution in [2.45, 2.75) is 32.4 Å². The highest BCUT2D eigenvalue weighted by molar-refractivity contribution is 7.09. The first-order valence-electron chi connectivity index (χ1n) is 7.64. The van der Waals surface area contributed by atoms with Gasteiger partial charge in [-0.1, -0.05) is 0 Å². The van der Waals surface area contributed by atoms with E-state index in [0.29, 0.717) is 5.82 Å². The Kier molecular flexibility index (Phi) is 5.02. The molecule has 1 fully saturated rings. The maximum Gasteiger partial charge on any atom is 0.123 e. The minimum absolute atomic E-state index is 0.288. The number of hydrogen-bond acceptors (Lipinski definition) is 6. The van der Waals surface area contributed by atoms with Gasteiger partial charge in [-0.05, 0) is 37.5 Å². The van der Waals surface area contributed by atoms with Gasteiger partial charge in [0, 0.05) is 30.7 Å². The number of nitrogens with two attached hydrogens (primary N) is 1. The lowest BCUT2D eigenvalue weighted by molar-refractivity contribution is -0.0343. The van der Waals surface area contributed by atoms with Gasteiger partial charge >= 0.3 is 0 Å². The highest BCUT2D eigenvalue weighted by Crippen LogP contribution is 2.19. The molecule has 0 saturated carbocycles. The van der Waals surface area contributed by atoms with Crippen molar-refractivity contribution in [2.24, 2.45) is 0 Å². The Morgan fingerprint density at radius 2 is 2.36 bits per heavy atom. The van der Waals surface area contributed by atoms with Crippen LogP contribution in [0.4, 0.5) is 5.82 Å². The number of anilines is 1. The van der Waals surface area contributed by atoms with Crippen molar-refractivity contribution in [1.82, 2.24) is 14.9 Å². The Morgan fingerprint density at radius 3 is 3.14 bits per heavy atom. The summed E-state index contributed by atoms with van der Waals surface area (Å²) in [6.07, 6.45) is 4.05. The third-order valence-corrected chi connectivity index (χ3v) is 4.96. The van der Waals surface area contributed by atoms with Gasteiger partial charge in [-0.3, -0.25) is 4.90 Å². The second-order valence-corrected chi connectivity index (χ2v) is 6.66. The molecule has 0 bridgehead atoms. The van der Waals surface area contributed by atoms with Crippen molar-refractivity contribution >= 4 is 17.2 Å². The molecular formula is C16H22N4OS. The maximum absolute atomic E-state index is 5.91. The fraction of sp³-hybridized carbons (Fsp3) is 0.500. The standard InChI is InChI=1S/C16H22N4OS/c1-12-15(22-11-19-12)10-20-6-7-21-14(9-20)3-2-13-4-5-18-16(17)8-13/h4-5,8,11,14H,2-3,6-7,9-10H2,1H3,(H2,17,18)/t14-/m0/s1. The van der Waals surface area contributed by atoms with Gasteiger partial charge in [0.15, 0.2) is 0 Å². The molecule has 2 N–H and O–H groups in total. The van der Waals surface area contributed by atoms with Gasteiger partial charge in [0.05, 0.1) is 23.9 Å². The van der Waals surface area contributed by atoms with Gasteiger partial charge in [-0.15, -0.1) is 11.3 Å². The molecule has 3 heterocycles. The molecule has 0 amide bonds. The van der Waals surface area contributed by atoms with Crippen molar-refractivity contribution in [3.05, 3.63) is 40.0 Å². The summed E-state index contributed by atoms with van der Waals surface area (Å²) >= 11 is 1.74. The predicted molar refractivity (Wildman–Crippen MR) is 88.8 cm³/mol. The van der Waals surface area contributed by atoms with Crippen LogP contribution < -0.4 is 5.73 Å². The third kappa shape index (κ3) is 4.03. The number of ether oxygens (including phenoxy) is 1. The number of aromatic nitrogens is 2. The van der Waals surface area contributed by atoms with E-state index in [-0.39, 0.29) is 6.10 Å². The smallest absolute Gasteiger partial charge is 0.123 e. The van der Waals surface area contributed by atoms with Crippen LogP contribution in [0.1, 0.15) is 22.6 Å². The number of thiazole rings is 1. The van der Waals surface area contributed by atoms with Crippen LogP contribution in [-0.4, -0.2) is 40.7 Å². The monoisotopic (exact) mass is 318 g/mol. The first kappa shape index (κ1) is 15.4. The van der Waals surface area contributed by atoms with Crippen molar-refractivity contribution in [3.8, 4) is 0 Å². The molecule has 1 atom stereocenters. The lowest BCUT2D eigenvalue weighted by atomic mass is 10.1. The molecule has 22 heavy (non-hydrogen) atoms. The van der Waals surface area contributed by atoms with Gasteiger partial charge < -0.3 is 10.5 Å². The van der Waals surface area contributed by atoms with Crippen LogP contribution in [0.25, 0.3) is 0 Å². The van der Waals surface area contributed by atoms with E-state index in [9.17, 15) is 0 Å². The Bertz CT molecular complexity index is 616. The summed E-state index contributed by atoms with van der Waals surface area (Å²) in [5.74, 6) is 0.587. The molecule has 6 heteroatoms. The Balaban J connectivity index is 1.51. The minimum Gasteiger partial charge on any atom is -0.384 e. The molecule has 118 valence electrons. The van der Waals surface area contributed by atoms with Gasteiger partial charge in [0.2, 0.25) is 0 Å². The molecule has 0 radical (unpaired) electrons. The highest BCUT2D eigenvalue weighted by Gasteiger charge is 2.21. The largest absolute Gasteiger partial charge is 0.384 e. The number of pyridine rings is 1. The Hall–Kier alpha value is -1.50. The number of aryl methyl sites for hydroxylation is 2. The average Bonchev–Trinajstić information content (AvgIpc) is 2.91. The number of hydrogen-bond donors (Lipinski definition) is 1. The number of morpholine rings is 1.